The second kappa shape index (κ2) is 13.6. The number of rotatable bonds is 10. The maximum Gasteiger partial charge on any atom is 0.335 e. The number of ether oxygens (including phenoxy) is 3. The molecule has 1 saturated heterocycles. The van der Waals surface area contributed by atoms with Gasteiger partial charge in [0.2, 0.25) is 0 Å². The predicted molar refractivity (Wildman–Crippen MR) is 177 cm³/mol. The molecule has 46 heavy (non-hydrogen) atoms. The summed E-state index contributed by atoms with van der Waals surface area (Å²) in [5, 5.41) is 4.64. The molecular weight excluding hydrogens is 604 g/mol. The van der Waals surface area contributed by atoms with E-state index in [1.54, 1.807) is 36.4 Å². The van der Waals surface area contributed by atoms with E-state index in [4.69, 9.17) is 25.8 Å². The van der Waals surface area contributed by atoms with Crippen molar-refractivity contribution in [2.45, 2.75) is 20.1 Å². The van der Waals surface area contributed by atoms with Gasteiger partial charge < -0.3 is 14.2 Å². The van der Waals surface area contributed by atoms with Gasteiger partial charge in [-0.3, -0.25) is 14.9 Å². The zero-order chi connectivity index (χ0) is 32.0. The van der Waals surface area contributed by atoms with Gasteiger partial charge >= 0.3 is 6.03 Å². The summed E-state index contributed by atoms with van der Waals surface area (Å²) in [5.74, 6) is -0.351. The molecule has 6 rings (SSSR count). The highest BCUT2D eigenvalue weighted by Crippen LogP contribution is 2.38. The molecule has 0 spiro atoms. The van der Waals surface area contributed by atoms with Crippen molar-refractivity contribution in [1.29, 1.82) is 0 Å². The van der Waals surface area contributed by atoms with Gasteiger partial charge in [0.25, 0.3) is 11.8 Å². The number of carbonyl (C=O) groups is 3. The Hall–Kier alpha value is -5.60. The zero-order valence-corrected chi connectivity index (χ0v) is 25.6. The second-order valence-electron chi connectivity index (χ2n) is 10.4. The van der Waals surface area contributed by atoms with Gasteiger partial charge in [-0.2, -0.15) is 0 Å². The van der Waals surface area contributed by atoms with E-state index in [2.05, 4.69) is 5.32 Å². The SMILES string of the molecule is CCOc1cc(/C=C2\C(=O)NC(=O)N(c3ccc(OCc4ccccc4)cc3)C2=O)cc(Cl)c1OCc1cccc2ccccc12. The minimum atomic E-state index is -0.852. The Bertz CT molecular complexity index is 1950. The number of benzene rings is 5. The molecule has 1 N–H and O–H groups in total. The van der Waals surface area contributed by atoms with Crippen molar-refractivity contribution in [3.05, 3.63) is 136 Å². The van der Waals surface area contributed by atoms with Crippen LogP contribution in [0.2, 0.25) is 5.02 Å². The lowest BCUT2D eigenvalue weighted by Gasteiger charge is -2.26. The van der Waals surface area contributed by atoms with E-state index in [-0.39, 0.29) is 22.9 Å². The fourth-order valence-corrected chi connectivity index (χ4v) is 5.41. The van der Waals surface area contributed by atoms with E-state index in [1.165, 1.54) is 6.08 Å². The number of amides is 4. The molecule has 0 saturated carbocycles. The first kappa shape index (κ1) is 30.4. The Morgan fingerprint density at radius 3 is 2.30 bits per heavy atom. The summed E-state index contributed by atoms with van der Waals surface area (Å²) < 4.78 is 17.8. The van der Waals surface area contributed by atoms with Gasteiger partial charge in [-0.15, -0.1) is 0 Å². The Morgan fingerprint density at radius 1 is 0.783 bits per heavy atom. The summed E-state index contributed by atoms with van der Waals surface area (Å²) in [5.41, 5.74) is 2.43. The second-order valence-corrected chi connectivity index (χ2v) is 10.8. The molecule has 4 amide bonds. The summed E-state index contributed by atoms with van der Waals surface area (Å²) in [4.78, 5) is 40.1. The number of nitrogens with zero attached hydrogens (tertiary/aromatic N) is 1. The number of hydrogen-bond acceptors (Lipinski definition) is 6. The Labute approximate surface area is 270 Å². The number of imide groups is 2. The summed E-state index contributed by atoms with van der Waals surface area (Å²) in [6.07, 6.45) is 1.37. The van der Waals surface area contributed by atoms with Gasteiger partial charge in [0.15, 0.2) is 11.5 Å². The van der Waals surface area contributed by atoms with Crippen molar-refractivity contribution in [3.8, 4) is 17.2 Å². The fourth-order valence-electron chi connectivity index (χ4n) is 5.13. The average Bonchev–Trinajstić information content (AvgIpc) is 3.06. The van der Waals surface area contributed by atoms with E-state index in [0.29, 0.717) is 36.0 Å². The lowest BCUT2D eigenvalue weighted by atomic mass is 10.1. The van der Waals surface area contributed by atoms with Gasteiger partial charge in [-0.25, -0.2) is 9.69 Å². The van der Waals surface area contributed by atoms with Crippen LogP contribution in [-0.4, -0.2) is 24.5 Å². The number of anilines is 1. The molecule has 9 heteroatoms. The molecule has 1 heterocycles. The van der Waals surface area contributed by atoms with E-state index in [1.807, 2.05) is 79.7 Å². The van der Waals surface area contributed by atoms with Crippen LogP contribution >= 0.6 is 11.6 Å². The smallest absolute Gasteiger partial charge is 0.335 e. The van der Waals surface area contributed by atoms with Crippen molar-refractivity contribution in [2.24, 2.45) is 0 Å². The average molecular weight is 633 g/mol. The highest BCUT2D eigenvalue weighted by atomic mass is 35.5. The monoisotopic (exact) mass is 632 g/mol. The third kappa shape index (κ3) is 6.57. The minimum absolute atomic E-state index is 0.237. The van der Waals surface area contributed by atoms with Crippen LogP contribution in [0.15, 0.2) is 115 Å². The molecule has 8 nitrogen and oxygen atoms in total. The number of halogens is 1. The normalized spacial score (nSPS) is 14.0. The van der Waals surface area contributed by atoms with Crippen molar-refractivity contribution < 1.29 is 28.6 Å². The van der Waals surface area contributed by atoms with E-state index in [0.717, 1.165) is 26.8 Å². The van der Waals surface area contributed by atoms with E-state index >= 15 is 0 Å². The van der Waals surface area contributed by atoms with Gasteiger partial charge in [0.1, 0.15) is 24.5 Å². The number of carbonyl (C=O) groups excluding carboxylic acids is 3. The number of urea groups is 1. The van der Waals surface area contributed by atoms with Gasteiger partial charge in [0, 0.05) is 0 Å². The van der Waals surface area contributed by atoms with E-state index in [9.17, 15) is 14.4 Å². The zero-order valence-electron chi connectivity index (χ0n) is 24.9. The molecule has 5 aromatic carbocycles. The fraction of sp³-hybridized carbons (Fsp3) is 0.108. The quantitative estimate of drug-likeness (QED) is 0.125. The van der Waals surface area contributed by atoms with Crippen molar-refractivity contribution in [3.63, 3.8) is 0 Å². The van der Waals surface area contributed by atoms with Crippen molar-refractivity contribution in [1.82, 2.24) is 5.32 Å². The predicted octanol–water partition coefficient (Wildman–Crippen LogP) is 7.72. The van der Waals surface area contributed by atoms with Crippen LogP contribution in [0.4, 0.5) is 10.5 Å². The van der Waals surface area contributed by atoms with Crippen LogP contribution in [0, 0.1) is 0 Å². The molecule has 0 bridgehead atoms. The third-order valence-electron chi connectivity index (χ3n) is 7.34. The maximum absolute atomic E-state index is 13.5. The molecule has 1 aliphatic rings. The Morgan fingerprint density at radius 2 is 1.52 bits per heavy atom. The highest BCUT2D eigenvalue weighted by molar-refractivity contribution is 6.39. The van der Waals surface area contributed by atoms with Gasteiger partial charge in [-0.1, -0.05) is 84.4 Å². The third-order valence-corrected chi connectivity index (χ3v) is 7.62. The molecule has 1 fully saturated rings. The van der Waals surface area contributed by atoms with Crippen LogP contribution in [0.1, 0.15) is 23.6 Å². The van der Waals surface area contributed by atoms with Crippen LogP contribution in [0.3, 0.4) is 0 Å². The summed E-state index contributed by atoms with van der Waals surface area (Å²) in [7, 11) is 0. The Balaban J connectivity index is 1.23. The van der Waals surface area contributed by atoms with Crippen molar-refractivity contribution >= 4 is 52.0 Å². The van der Waals surface area contributed by atoms with Gasteiger partial charge in [-0.05, 0) is 76.9 Å². The maximum atomic E-state index is 13.5. The van der Waals surface area contributed by atoms with E-state index < -0.39 is 17.8 Å². The minimum Gasteiger partial charge on any atom is -0.490 e. The largest absolute Gasteiger partial charge is 0.490 e. The molecule has 0 atom stereocenters. The first-order chi connectivity index (χ1) is 22.4. The summed E-state index contributed by atoms with van der Waals surface area (Å²) >= 11 is 6.68. The van der Waals surface area contributed by atoms with Crippen LogP contribution in [0.5, 0.6) is 17.2 Å². The summed E-state index contributed by atoms with van der Waals surface area (Å²) in [6, 6.07) is 32.5. The highest BCUT2D eigenvalue weighted by Gasteiger charge is 2.37. The molecule has 230 valence electrons. The number of fused-ring (bicyclic) bond motifs is 1. The molecule has 0 unspecified atom stereocenters. The lowest BCUT2D eigenvalue weighted by Crippen LogP contribution is -2.54. The summed E-state index contributed by atoms with van der Waals surface area (Å²) in [6.45, 7) is 2.76. The number of barbiturate groups is 1. The first-order valence-corrected chi connectivity index (χ1v) is 15.0. The molecule has 5 aromatic rings. The molecular formula is C37H29ClN2O6. The molecule has 0 aromatic heterocycles. The molecule has 0 aliphatic carbocycles. The standard InChI is InChI=1S/C37H29ClN2O6/c1-2-44-33-21-25(20-32(38)34(33)46-23-27-13-8-12-26-11-6-7-14-30(26)27)19-31-35(41)39-37(43)40(36(31)42)28-15-17-29(18-16-28)45-22-24-9-4-3-5-10-24/h3-21H,2,22-23H2,1H3,(H,39,41,43)/b31-19+. The topological polar surface area (TPSA) is 94.2 Å². The molecule has 1 aliphatic heterocycles. The number of hydrogen-bond donors (Lipinski definition) is 1. The van der Waals surface area contributed by atoms with Crippen LogP contribution < -0.4 is 24.4 Å². The lowest BCUT2D eigenvalue weighted by molar-refractivity contribution is -0.122. The van der Waals surface area contributed by atoms with Crippen LogP contribution in [-0.2, 0) is 22.8 Å². The molecule has 0 radical (unpaired) electrons. The number of nitrogens with one attached hydrogen (secondary N) is 1. The van der Waals surface area contributed by atoms with Crippen LogP contribution in [0.25, 0.3) is 16.8 Å². The van der Waals surface area contributed by atoms with Crippen molar-refractivity contribution in [2.75, 3.05) is 11.5 Å². The van der Waals surface area contributed by atoms with Gasteiger partial charge in [0.05, 0.1) is 17.3 Å². The first-order valence-electron chi connectivity index (χ1n) is 14.7. The Kier molecular flexibility index (Phi) is 8.98.